The van der Waals surface area contributed by atoms with Gasteiger partial charge in [0.15, 0.2) is 0 Å². The zero-order chi connectivity index (χ0) is 22.9. The lowest BCUT2D eigenvalue weighted by Gasteiger charge is -2.23. The third-order valence-electron chi connectivity index (χ3n) is 4.41. The van der Waals surface area contributed by atoms with Gasteiger partial charge in [0, 0.05) is 6.54 Å². The zero-order valence-corrected chi connectivity index (χ0v) is 18.4. The topological polar surface area (TPSA) is 93.7 Å². The minimum absolute atomic E-state index is 0.262. The molecular weight excluding hydrogens is 396 g/mol. The van der Waals surface area contributed by atoms with Gasteiger partial charge in [0.25, 0.3) is 0 Å². The highest BCUT2D eigenvalue weighted by atomic mass is 16.6. The molecule has 0 aliphatic heterocycles. The van der Waals surface area contributed by atoms with Gasteiger partial charge in [0.05, 0.1) is 12.7 Å². The SMILES string of the molecule is COC(=O)c1ccc(CNC(=O)C(CCc2ccccc2)NC(=O)OC(C)(C)C)cc1. The molecule has 2 amide bonds. The number of ether oxygens (including phenoxy) is 2. The number of hydrogen-bond donors (Lipinski definition) is 2. The number of carbonyl (C=O) groups excluding carboxylic acids is 3. The van der Waals surface area contributed by atoms with Gasteiger partial charge in [-0.25, -0.2) is 9.59 Å². The third-order valence-corrected chi connectivity index (χ3v) is 4.41. The average Bonchev–Trinajstić information content (AvgIpc) is 2.74. The molecule has 0 aliphatic rings. The molecule has 0 heterocycles. The van der Waals surface area contributed by atoms with E-state index in [2.05, 4.69) is 15.4 Å². The first kappa shape index (κ1) is 23.9. The molecule has 2 N–H and O–H groups in total. The van der Waals surface area contributed by atoms with Crippen LogP contribution in [0.3, 0.4) is 0 Å². The van der Waals surface area contributed by atoms with Gasteiger partial charge in [-0.1, -0.05) is 42.5 Å². The molecule has 1 unspecified atom stereocenters. The van der Waals surface area contributed by atoms with E-state index in [1.807, 2.05) is 30.3 Å². The van der Waals surface area contributed by atoms with Gasteiger partial charge in [-0.15, -0.1) is 0 Å². The number of aryl methyl sites for hydroxylation is 1. The molecule has 7 heteroatoms. The molecule has 1 atom stereocenters. The molecule has 0 radical (unpaired) electrons. The number of benzene rings is 2. The first-order chi connectivity index (χ1) is 14.7. The van der Waals surface area contributed by atoms with Crippen molar-refractivity contribution in [3.8, 4) is 0 Å². The van der Waals surface area contributed by atoms with Crippen LogP contribution in [0.2, 0.25) is 0 Å². The van der Waals surface area contributed by atoms with Crippen molar-refractivity contribution in [2.75, 3.05) is 7.11 Å². The van der Waals surface area contributed by atoms with Crippen LogP contribution in [0, 0.1) is 0 Å². The van der Waals surface area contributed by atoms with Crippen molar-refractivity contribution < 1.29 is 23.9 Å². The monoisotopic (exact) mass is 426 g/mol. The predicted octanol–water partition coefficient (Wildman–Crippen LogP) is 3.62. The fraction of sp³-hybridized carbons (Fsp3) is 0.375. The molecule has 0 spiro atoms. The second-order valence-electron chi connectivity index (χ2n) is 8.13. The van der Waals surface area contributed by atoms with Gasteiger partial charge >= 0.3 is 12.1 Å². The van der Waals surface area contributed by atoms with Crippen molar-refractivity contribution in [3.63, 3.8) is 0 Å². The molecule has 0 aliphatic carbocycles. The van der Waals surface area contributed by atoms with Gasteiger partial charge in [-0.05, 0) is 56.9 Å². The minimum Gasteiger partial charge on any atom is -0.465 e. The normalized spacial score (nSPS) is 11.9. The second-order valence-corrected chi connectivity index (χ2v) is 8.13. The molecule has 0 saturated heterocycles. The van der Waals surface area contributed by atoms with Gasteiger partial charge in [0.1, 0.15) is 11.6 Å². The standard InChI is InChI=1S/C24H30N2O5/c1-24(2,3)31-23(29)26-20(15-12-17-8-6-5-7-9-17)21(27)25-16-18-10-13-19(14-11-18)22(28)30-4/h5-11,13-14,20H,12,15-16H2,1-4H3,(H,25,27)(H,26,29). The summed E-state index contributed by atoms with van der Waals surface area (Å²) in [5, 5.41) is 5.52. The second kappa shape index (κ2) is 11.2. The van der Waals surface area contributed by atoms with E-state index in [9.17, 15) is 14.4 Å². The number of amides is 2. The van der Waals surface area contributed by atoms with E-state index in [1.165, 1.54) is 7.11 Å². The molecule has 0 bridgehead atoms. The Bertz CT molecular complexity index is 873. The Hall–Kier alpha value is -3.35. The number of carbonyl (C=O) groups is 3. The van der Waals surface area contributed by atoms with Crippen LogP contribution in [0.4, 0.5) is 4.79 Å². The minimum atomic E-state index is -0.746. The van der Waals surface area contributed by atoms with E-state index >= 15 is 0 Å². The fourth-order valence-electron chi connectivity index (χ4n) is 2.86. The Morgan fingerprint density at radius 3 is 2.16 bits per heavy atom. The molecule has 2 aromatic rings. The number of esters is 1. The molecule has 2 aromatic carbocycles. The van der Waals surface area contributed by atoms with Gasteiger partial charge < -0.3 is 20.1 Å². The van der Waals surface area contributed by atoms with E-state index in [0.717, 1.165) is 11.1 Å². The number of methoxy groups -OCH3 is 1. The summed E-state index contributed by atoms with van der Waals surface area (Å²) in [6, 6.07) is 15.8. The van der Waals surface area contributed by atoms with Crippen LogP contribution in [0.25, 0.3) is 0 Å². The molecular formula is C24H30N2O5. The molecule has 0 fully saturated rings. The van der Waals surface area contributed by atoms with E-state index in [4.69, 9.17) is 4.74 Å². The van der Waals surface area contributed by atoms with Gasteiger partial charge in [0.2, 0.25) is 5.91 Å². The molecule has 7 nitrogen and oxygen atoms in total. The third kappa shape index (κ3) is 8.50. The Kier molecular flexibility index (Phi) is 8.61. The fourth-order valence-corrected chi connectivity index (χ4v) is 2.86. The number of nitrogens with one attached hydrogen (secondary N) is 2. The summed E-state index contributed by atoms with van der Waals surface area (Å²) < 4.78 is 9.99. The summed E-state index contributed by atoms with van der Waals surface area (Å²) in [6.45, 7) is 5.56. The van der Waals surface area contributed by atoms with Crippen LogP contribution in [-0.2, 0) is 27.2 Å². The van der Waals surface area contributed by atoms with Crippen LogP contribution in [0.15, 0.2) is 54.6 Å². The van der Waals surface area contributed by atoms with Crippen molar-refractivity contribution in [1.29, 1.82) is 0 Å². The Morgan fingerprint density at radius 1 is 0.935 bits per heavy atom. The first-order valence-electron chi connectivity index (χ1n) is 10.2. The van der Waals surface area contributed by atoms with Crippen molar-refractivity contribution in [2.45, 2.75) is 51.8 Å². The van der Waals surface area contributed by atoms with Crippen LogP contribution >= 0.6 is 0 Å². The maximum atomic E-state index is 12.8. The van der Waals surface area contributed by atoms with Crippen LogP contribution in [0.1, 0.15) is 48.7 Å². The van der Waals surface area contributed by atoms with E-state index in [1.54, 1.807) is 45.0 Å². The van der Waals surface area contributed by atoms with Gasteiger partial charge in [-0.3, -0.25) is 4.79 Å². The number of hydrogen-bond acceptors (Lipinski definition) is 5. The maximum absolute atomic E-state index is 12.8. The van der Waals surface area contributed by atoms with E-state index in [0.29, 0.717) is 18.4 Å². The molecule has 0 saturated carbocycles. The van der Waals surface area contributed by atoms with Crippen LogP contribution < -0.4 is 10.6 Å². The van der Waals surface area contributed by atoms with Gasteiger partial charge in [-0.2, -0.15) is 0 Å². The Morgan fingerprint density at radius 2 is 1.58 bits per heavy atom. The summed E-state index contributed by atoms with van der Waals surface area (Å²) in [6.07, 6.45) is 0.419. The lowest BCUT2D eigenvalue weighted by molar-refractivity contribution is -0.123. The smallest absolute Gasteiger partial charge is 0.408 e. The van der Waals surface area contributed by atoms with Crippen molar-refractivity contribution >= 4 is 18.0 Å². The zero-order valence-electron chi connectivity index (χ0n) is 18.4. The summed E-state index contributed by atoms with van der Waals surface area (Å²) in [7, 11) is 1.32. The van der Waals surface area contributed by atoms with E-state index < -0.39 is 23.7 Å². The van der Waals surface area contributed by atoms with Crippen molar-refractivity contribution in [2.24, 2.45) is 0 Å². The number of alkyl carbamates (subject to hydrolysis) is 1. The number of rotatable bonds is 8. The largest absolute Gasteiger partial charge is 0.465 e. The maximum Gasteiger partial charge on any atom is 0.408 e. The quantitative estimate of drug-likeness (QED) is 0.629. The van der Waals surface area contributed by atoms with E-state index in [-0.39, 0.29) is 12.5 Å². The summed E-state index contributed by atoms with van der Waals surface area (Å²) in [5.74, 6) is -0.725. The average molecular weight is 427 g/mol. The summed E-state index contributed by atoms with van der Waals surface area (Å²) in [4.78, 5) is 36.6. The lowest BCUT2D eigenvalue weighted by atomic mass is 10.0. The summed E-state index contributed by atoms with van der Waals surface area (Å²) in [5.41, 5.74) is 1.67. The highest BCUT2D eigenvalue weighted by Gasteiger charge is 2.24. The highest BCUT2D eigenvalue weighted by Crippen LogP contribution is 2.10. The predicted molar refractivity (Wildman–Crippen MR) is 118 cm³/mol. The highest BCUT2D eigenvalue weighted by molar-refractivity contribution is 5.89. The Balaban J connectivity index is 2.00. The van der Waals surface area contributed by atoms with Crippen LogP contribution in [0.5, 0.6) is 0 Å². The van der Waals surface area contributed by atoms with Crippen LogP contribution in [-0.4, -0.2) is 36.7 Å². The lowest BCUT2D eigenvalue weighted by Crippen LogP contribution is -2.48. The molecule has 31 heavy (non-hydrogen) atoms. The molecule has 2 rings (SSSR count). The van der Waals surface area contributed by atoms with Crippen molar-refractivity contribution in [1.82, 2.24) is 10.6 Å². The first-order valence-corrected chi connectivity index (χ1v) is 10.2. The molecule has 166 valence electrons. The van der Waals surface area contributed by atoms with Crippen molar-refractivity contribution in [3.05, 3.63) is 71.3 Å². The summed E-state index contributed by atoms with van der Waals surface area (Å²) >= 11 is 0. The molecule has 0 aromatic heterocycles. The Labute approximate surface area is 183 Å².